The summed E-state index contributed by atoms with van der Waals surface area (Å²) in [5.41, 5.74) is 0. The average Bonchev–Trinajstić information content (AvgIpc) is 3.24. The average molecular weight is 832 g/mol. The maximum atomic E-state index is 12.4. The molecule has 0 aromatic heterocycles. The van der Waals surface area contributed by atoms with Gasteiger partial charge < -0.3 is 20.3 Å². The van der Waals surface area contributed by atoms with Crippen LogP contribution in [0.25, 0.3) is 0 Å². The minimum absolute atomic E-state index is 0.0209. The Morgan fingerprint density at radius 2 is 0.797 bits per heavy atom. The van der Waals surface area contributed by atoms with Crippen LogP contribution in [0.15, 0.2) is 24.3 Å². The number of aliphatic hydroxyl groups is 2. The molecular weight excluding hydrogens is 731 g/mol. The molecule has 2 unspecified atom stereocenters. The second-order valence-corrected chi connectivity index (χ2v) is 17.9. The van der Waals surface area contributed by atoms with E-state index in [-0.39, 0.29) is 18.5 Å². The SMILES string of the molecule is CCCCC/C=C\CCCCCCCC(=O)OCCCCCCCCCCCCCCC(=O)NC(CO)C(O)/C=C/CCCCCCCCCCCCCCCCCC. The molecule has 0 heterocycles. The molecule has 0 spiro atoms. The number of amides is 1. The third-order valence-corrected chi connectivity index (χ3v) is 12.0. The fourth-order valence-corrected chi connectivity index (χ4v) is 7.92. The van der Waals surface area contributed by atoms with Crippen LogP contribution < -0.4 is 5.32 Å². The number of ether oxygens (including phenoxy) is 1. The number of esters is 1. The van der Waals surface area contributed by atoms with E-state index in [0.29, 0.717) is 19.4 Å². The van der Waals surface area contributed by atoms with Crippen molar-refractivity contribution in [1.82, 2.24) is 5.32 Å². The lowest BCUT2D eigenvalue weighted by atomic mass is 10.0. The molecule has 6 heteroatoms. The molecule has 0 saturated heterocycles. The van der Waals surface area contributed by atoms with Crippen molar-refractivity contribution in [1.29, 1.82) is 0 Å². The fraction of sp³-hybridized carbons (Fsp3) is 0.887. The van der Waals surface area contributed by atoms with Crippen molar-refractivity contribution >= 4 is 11.9 Å². The molecule has 3 N–H and O–H groups in total. The van der Waals surface area contributed by atoms with Crippen molar-refractivity contribution in [3.8, 4) is 0 Å². The molecular formula is C53H101NO5. The summed E-state index contributed by atoms with van der Waals surface area (Å²) in [6, 6.07) is -0.639. The molecule has 0 radical (unpaired) electrons. The number of hydrogen-bond donors (Lipinski definition) is 3. The quantitative estimate of drug-likeness (QED) is 0.0322. The van der Waals surface area contributed by atoms with Crippen LogP contribution in [0, 0.1) is 0 Å². The summed E-state index contributed by atoms with van der Waals surface area (Å²) in [4.78, 5) is 24.4. The van der Waals surface area contributed by atoms with Gasteiger partial charge in [0.2, 0.25) is 5.91 Å². The largest absolute Gasteiger partial charge is 0.466 e. The van der Waals surface area contributed by atoms with E-state index in [9.17, 15) is 19.8 Å². The Hall–Kier alpha value is -1.66. The molecule has 1 amide bonds. The lowest BCUT2D eigenvalue weighted by Gasteiger charge is -2.20. The van der Waals surface area contributed by atoms with Crippen molar-refractivity contribution in [3.05, 3.63) is 24.3 Å². The first kappa shape index (κ1) is 57.3. The lowest BCUT2D eigenvalue weighted by molar-refractivity contribution is -0.143. The number of allylic oxidation sites excluding steroid dienone is 3. The molecule has 6 nitrogen and oxygen atoms in total. The van der Waals surface area contributed by atoms with E-state index in [1.54, 1.807) is 6.08 Å². The first-order chi connectivity index (χ1) is 29.0. The summed E-state index contributed by atoms with van der Waals surface area (Å²) >= 11 is 0. The Labute approximate surface area is 367 Å². The molecule has 0 aromatic carbocycles. The highest BCUT2D eigenvalue weighted by molar-refractivity contribution is 5.76. The molecule has 0 rings (SSSR count). The van der Waals surface area contributed by atoms with E-state index < -0.39 is 12.1 Å². The van der Waals surface area contributed by atoms with Gasteiger partial charge in [-0.1, -0.05) is 231 Å². The molecule has 0 fully saturated rings. The zero-order chi connectivity index (χ0) is 43.0. The minimum atomic E-state index is -0.855. The van der Waals surface area contributed by atoms with Gasteiger partial charge in [-0.2, -0.15) is 0 Å². The Morgan fingerprint density at radius 3 is 1.24 bits per heavy atom. The molecule has 0 aliphatic rings. The van der Waals surface area contributed by atoms with E-state index in [0.717, 1.165) is 57.8 Å². The highest BCUT2D eigenvalue weighted by atomic mass is 16.5. The molecule has 0 bridgehead atoms. The minimum Gasteiger partial charge on any atom is -0.466 e. The third kappa shape index (κ3) is 45.7. The number of hydrogen-bond acceptors (Lipinski definition) is 5. The van der Waals surface area contributed by atoms with Crippen LogP contribution in [0.1, 0.15) is 277 Å². The summed E-state index contributed by atoms with van der Waals surface area (Å²) in [6.07, 6.45) is 57.4. The standard InChI is InChI=1S/C53H101NO5/c1-3-5-7-9-11-13-15-17-18-19-20-21-22-25-29-33-37-41-45-51(56)50(49-55)54-52(57)46-42-38-34-30-26-23-24-28-32-36-40-44-48-59-53(58)47-43-39-35-31-27-16-14-12-10-8-6-4-2/h12,14,41,45,50-51,55-56H,3-11,13,15-40,42-44,46-49H2,1-2H3,(H,54,57)/b14-12-,45-41+. The Morgan fingerprint density at radius 1 is 0.458 bits per heavy atom. The van der Waals surface area contributed by atoms with Crippen molar-refractivity contribution in [2.24, 2.45) is 0 Å². The fourth-order valence-electron chi connectivity index (χ4n) is 7.92. The topological polar surface area (TPSA) is 95.9 Å². The van der Waals surface area contributed by atoms with Gasteiger partial charge in [-0.15, -0.1) is 0 Å². The second kappa shape index (κ2) is 49.0. The summed E-state index contributed by atoms with van der Waals surface area (Å²) in [5.74, 6) is -0.104. The summed E-state index contributed by atoms with van der Waals surface area (Å²) < 4.78 is 5.44. The molecule has 0 saturated carbocycles. The Kier molecular flexibility index (Phi) is 47.6. The molecule has 0 aliphatic heterocycles. The van der Waals surface area contributed by atoms with Crippen molar-refractivity contribution < 1.29 is 24.5 Å². The predicted molar refractivity (Wildman–Crippen MR) is 255 cm³/mol. The Bertz CT molecular complexity index is 920. The van der Waals surface area contributed by atoms with E-state index in [1.807, 2.05) is 6.08 Å². The molecule has 2 atom stereocenters. The number of carbonyl (C=O) groups excluding carboxylic acids is 2. The van der Waals surface area contributed by atoms with Gasteiger partial charge in [0, 0.05) is 12.8 Å². The number of nitrogens with one attached hydrogen (secondary N) is 1. The van der Waals surface area contributed by atoms with Gasteiger partial charge in [-0.3, -0.25) is 9.59 Å². The first-order valence-electron chi connectivity index (χ1n) is 26.1. The van der Waals surface area contributed by atoms with E-state index >= 15 is 0 Å². The highest BCUT2D eigenvalue weighted by Crippen LogP contribution is 2.16. The maximum absolute atomic E-state index is 12.4. The van der Waals surface area contributed by atoms with Crippen LogP contribution in [-0.2, 0) is 14.3 Å². The monoisotopic (exact) mass is 832 g/mol. The molecule has 348 valence electrons. The van der Waals surface area contributed by atoms with Crippen molar-refractivity contribution in [2.45, 2.75) is 289 Å². The zero-order valence-electron chi connectivity index (χ0n) is 39.5. The lowest BCUT2D eigenvalue weighted by Crippen LogP contribution is -2.45. The van der Waals surface area contributed by atoms with Gasteiger partial charge in [0.1, 0.15) is 0 Å². The molecule has 59 heavy (non-hydrogen) atoms. The number of aliphatic hydroxyl groups excluding tert-OH is 2. The molecule has 0 aromatic rings. The highest BCUT2D eigenvalue weighted by Gasteiger charge is 2.18. The van der Waals surface area contributed by atoms with Crippen LogP contribution in [0.4, 0.5) is 0 Å². The summed E-state index contributed by atoms with van der Waals surface area (Å²) in [7, 11) is 0. The summed E-state index contributed by atoms with van der Waals surface area (Å²) in [5, 5.41) is 23.1. The number of rotatable bonds is 48. The first-order valence-corrected chi connectivity index (χ1v) is 26.1. The molecule has 0 aliphatic carbocycles. The predicted octanol–water partition coefficient (Wildman–Crippen LogP) is 15.5. The number of unbranched alkanes of at least 4 members (excludes halogenated alkanes) is 35. The van der Waals surface area contributed by atoms with Gasteiger partial charge in [0.05, 0.1) is 25.4 Å². The van der Waals surface area contributed by atoms with E-state index in [1.165, 1.54) is 193 Å². The smallest absolute Gasteiger partial charge is 0.305 e. The van der Waals surface area contributed by atoms with Gasteiger partial charge >= 0.3 is 5.97 Å². The van der Waals surface area contributed by atoms with Crippen LogP contribution in [0.5, 0.6) is 0 Å². The summed E-state index contributed by atoms with van der Waals surface area (Å²) in [6.45, 7) is 4.85. The van der Waals surface area contributed by atoms with Gasteiger partial charge in [0.25, 0.3) is 0 Å². The number of carbonyl (C=O) groups is 2. The normalized spacial score (nSPS) is 12.8. The van der Waals surface area contributed by atoms with Gasteiger partial charge in [-0.05, 0) is 57.8 Å². The maximum Gasteiger partial charge on any atom is 0.305 e. The van der Waals surface area contributed by atoms with E-state index in [2.05, 4.69) is 31.3 Å². The zero-order valence-corrected chi connectivity index (χ0v) is 39.5. The van der Waals surface area contributed by atoms with Crippen molar-refractivity contribution in [2.75, 3.05) is 13.2 Å². The van der Waals surface area contributed by atoms with Crippen LogP contribution in [-0.4, -0.2) is 47.4 Å². The van der Waals surface area contributed by atoms with Gasteiger partial charge in [-0.25, -0.2) is 0 Å². The Balaban J connectivity index is 3.51. The van der Waals surface area contributed by atoms with Crippen LogP contribution in [0.2, 0.25) is 0 Å². The van der Waals surface area contributed by atoms with Gasteiger partial charge in [0.15, 0.2) is 0 Å². The van der Waals surface area contributed by atoms with Crippen molar-refractivity contribution in [3.63, 3.8) is 0 Å². The van der Waals surface area contributed by atoms with Crippen LogP contribution in [0.3, 0.4) is 0 Å². The second-order valence-electron chi connectivity index (χ2n) is 17.9. The van der Waals surface area contributed by atoms with E-state index in [4.69, 9.17) is 4.74 Å². The van der Waals surface area contributed by atoms with Crippen LogP contribution >= 0.6 is 0 Å². The third-order valence-electron chi connectivity index (χ3n) is 12.0.